The molecule has 0 radical (unpaired) electrons. The zero-order valence-corrected chi connectivity index (χ0v) is 14.9. The molecule has 1 unspecified atom stereocenters. The molecule has 0 bridgehead atoms. The molecule has 0 aliphatic rings. The molecule has 3 aromatic rings. The van der Waals surface area contributed by atoms with Gasteiger partial charge in [-0.15, -0.1) is 0 Å². The number of fused-ring (bicyclic) bond motifs is 1. The summed E-state index contributed by atoms with van der Waals surface area (Å²) in [4.78, 5) is 27.0. The van der Waals surface area contributed by atoms with E-state index in [1.807, 2.05) is 54.4 Å². The Kier molecular flexibility index (Phi) is 5.12. The van der Waals surface area contributed by atoms with Gasteiger partial charge in [0.15, 0.2) is 0 Å². The van der Waals surface area contributed by atoms with Crippen molar-refractivity contribution in [2.24, 2.45) is 5.92 Å². The normalized spacial score (nSPS) is 12.5. The molecule has 0 aliphatic heterocycles. The highest BCUT2D eigenvalue weighted by Crippen LogP contribution is 2.21. The van der Waals surface area contributed by atoms with Gasteiger partial charge in [-0.3, -0.25) is 9.78 Å². The van der Waals surface area contributed by atoms with E-state index >= 15 is 0 Å². The number of para-hydroxylation sites is 2. The maximum absolute atomic E-state index is 13.1. The summed E-state index contributed by atoms with van der Waals surface area (Å²) in [6, 6.07) is 11.7. The smallest absolute Gasteiger partial charge is 0.233 e. The van der Waals surface area contributed by atoms with Gasteiger partial charge in [-0.05, 0) is 36.6 Å². The summed E-state index contributed by atoms with van der Waals surface area (Å²) in [5.41, 5.74) is 2.88. The summed E-state index contributed by atoms with van der Waals surface area (Å²) in [6.07, 6.45) is 3.56. The lowest BCUT2D eigenvalue weighted by molar-refractivity contribution is -0.133. The minimum Gasteiger partial charge on any atom is -0.341 e. The van der Waals surface area contributed by atoms with Gasteiger partial charge in [-0.1, -0.05) is 32.0 Å². The number of rotatable bonds is 6. The van der Waals surface area contributed by atoms with Crippen molar-refractivity contribution < 1.29 is 4.79 Å². The van der Waals surface area contributed by atoms with Crippen LogP contribution in [-0.4, -0.2) is 32.3 Å². The second-order valence-corrected chi connectivity index (χ2v) is 6.83. The molecular formula is C20H24N4O. The van der Waals surface area contributed by atoms with Gasteiger partial charge in [0.05, 0.1) is 17.0 Å². The molecule has 130 valence electrons. The zero-order chi connectivity index (χ0) is 17.8. The van der Waals surface area contributed by atoms with Crippen molar-refractivity contribution in [1.82, 2.24) is 19.9 Å². The summed E-state index contributed by atoms with van der Waals surface area (Å²) in [5.74, 6) is 0.870. The van der Waals surface area contributed by atoms with Crippen LogP contribution in [-0.2, 0) is 11.3 Å². The predicted octanol–water partition coefficient (Wildman–Crippen LogP) is 3.75. The summed E-state index contributed by atoms with van der Waals surface area (Å²) in [5, 5.41) is 0. The maximum Gasteiger partial charge on any atom is 0.233 e. The van der Waals surface area contributed by atoms with E-state index in [2.05, 4.69) is 28.8 Å². The number of benzene rings is 1. The molecular weight excluding hydrogens is 312 g/mol. The second kappa shape index (κ2) is 7.47. The number of H-pyrrole nitrogens is 1. The minimum absolute atomic E-state index is 0.0802. The Morgan fingerprint density at radius 1 is 1.16 bits per heavy atom. The Morgan fingerprint density at radius 2 is 1.96 bits per heavy atom. The van der Waals surface area contributed by atoms with E-state index in [4.69, 9.17) is 0 Å². The SMILES string of the molecule is CC(C)CN(Cc1cccnc1)C(=O)C(C)c1nc2ccccc2[nH]1. The van der Waals surface area contributed by atoms with Crippen molar-refractivity contribution in [3.63, 3.8) is 0 Å². The number of carbonyl (C=O) groups excluding carboxylic acids is 1. The van der Waals surface area contributed by atoms with Crippen molar-refractivity contribution in [3.8, 4) is 0 Å². The number of hydrogen-bond acceptors (Lipinski definition) is 3. The number of aromatic nitrogens is 3. The van der Waals surface area contributed by atoms with Gasteiger partial charge in [-0.25, -0.2) is 4.98 Å². The van der Waals surface area contributed by atoms with Gasteiger partial charge in [0.2, 0.25) is 5.91 Å². The predicted molar refractivity (Wildman–Crippen MR) is 99.0 cm³/mol. The fourth-order valence-electron chi connectivity index (χ4n) is 2.95. The van der Waals surface area contributed by atoms with Crippen LogP contribution in [0.5, 0.6) is 0 Å². The quantitative estimate of drug-likeness (QED) is 0.746. The van der Waals surface area contributed by atoms with Gasteiger partial charge in [-0.2, -0.15) is 0 Å². The molecule has 1 amide bonds. The number of aromatic amines is 1. The summed E-state index contributed by atoms with van der Waals surface area (Å²) in [7, 11) is 0. The van der Waals surface area contributed by atoms with E-state index in [1.165, 1.54) is 0 Å². The number of nitrogens with zero attached hydrogens (tertiary/aromatic N) is 3. The third-order valence-electron chi connectivity index (χ3n) is 4.18. The Balaban J connectivity index is 1.82. The summed E-state index contributed by atoms with van der Waals surface area (Å²) in [6.45, 7) is 7.43. The number of pyridine rings is 1. The summed E-state index contributed by atoms with van der Waals surface area (Å²) >= 11 is 0. The molecule has 1 aromatic carbocycles. The van der Waals surface area contributed by atoms with Crippen LogP contribution >= 0.6 is 0 Å². The zero-order valence-electron chi connectivity index (χ0n) is 14.9. The van der Waals surface area contributed by atoms with E-state index < -0.39 is 0 Å². The van der Waals surface area contributed by atoms with E-state index in [-0.39, 0.29) is 11.8 Å². The van der Waals surface area contributed by atoms with Crippen LogP contribution in [0.4, 0.5) is 0 Å². The van der Waals surface area contributed by atoms with Gasteiger partial charge in [0.25, 0.3) is 0 Å². The Bertz CT molecular complexity index is 808. The number of imidazole rings is 1. The van der Waals surface area contributed by atoms with Crippen molar-refractivity contribution >= 4 is 16.9 Å². The Hall–Kier alpha value is -2.69. The fourth-order valence-corrected chi connectivity index (χ4v) is 2.95. The van der Waals surface area contributed by atoms with Crippen LogP contribution in [0.1, 0.15) is 38.1 Å². The average Bonchev–Trinajstić information content (AvgIpc) is 3.04. The highest BCUT2D eigenvalue weighted by Gasteiger charge is 2.25. The van der Waals surface area contributed by atoms with Crippen LogP contribution in [0, 0.1) is 5.92 Å². The van der Waals surface area contributed by atoms with E-state index in [0.29, 0.717) is 24.8 Å². The highest BCUT2D eigenvalue weighted by molar-refractivity contribution is 5.84. The maximum atomic E-state index is 13.1. The van der Waals surface area contributed by atoms with Crippen LogP contribution in [0.3, 0.4) is 0 Å². The Labute approximate surface area is 148 Å². The molecule has 2 heterocycles. The monoisotopic (exact) mass is 336 g/mol. The van der Waals surface area contributed by atoms with Gasteiger partial charge >= 0.3 is 0 Å². The van der Waals surface area contributed by atoms with Gasteiger partial charge < -0.3 is 9.88 Å². The van der Waals surface area contributed by atoms with Crippen LogP contribution in [0.15, 0.2) is 48.8 Å². The lowest BCUT2D eigenvalue weighted by Crippen LogP contribution is -2.36. The largest absolute Gasteiger partial charge is 0.341 e. The molecule has 0 spiro atoms. The standard InChI is InChI=1S/C20H24N4O/c1-14(2)12-24(13-16-7-6-10-21-11-16)20(25)15(3)19-22-17-8-4-5-9-18(17)23-19/h4-11,14-15H,12-13H2,1-3H3,(H,22,23). The topological polar surface area (TPSA) is 61.9 Å². The van der Waals surface area contributed by atoms with Crippen molar-refractivity contribution in [2.75, 3.05) is 6.54 Å². The molecule has 0 aliphatic carbocycles. The fraction of sp³-hybridized carbons (Fsp3) is 0.350. The molecule has 2 aromatic heterocycles. The van der Waals surface area contributed by atoms with Gasteiger partial charge in [0.1, 0.15) is 5.82 Å². The lowest BCUT2D eigenvalue weighted by atomic mass is 10.1. The molecule has 5 nitrogen and oxygen atoms in total. The number of carbonyl (C=O) groups is 1. The van der Waals surface area contributed by atoms with Crippen LogP contribution < -0.4 is 0 Å². The first-order valence-electron chi connectivity index (χ1n) is 8.67. The summed E-state index contributed by atoms with van der Waals surface area (Å²) < 4.78 is 0. The molecule has 25 heavy (non-hydrogen) atoms. The molecule has 0 saturated heterocycles. The first-order chi connectivity index (χ1) is 12.0. The number of nitrogens with one attached hydrogen (secondary N) is 1. The molecule has 1 N–H and O–H groups in total. The van der Waals surface area contributed by atoms with Crippen molar-refractivity contribution in [3.05, 3.63) is 60.2 Å². The van der Waals surface area contributed by atoms with Crippen LogP contribution in [0.25, 0.3) is 11.0 Å². The first kappa shape index (κ1) is 17.1. The van der Waals surface area contributed by atoms with Gasteiger partial charge in [0, 0.05) is 25.5 Å². The van der Waals surface area contributed by atoms with Crippen molar-refractivity contribution in [1.29, 1.82) is 0 Å². The first-order valence-corrected chi connectivity index (χ1v) is 8.67. The molecule has 0 saturated carbocycles. The van der Waals surface area contributed by atoms with Crippen molar-refractivity contribution in [2.45, 2.75) is 33.2 Å². The molecule has 0 fully saturated rings. The average molecular weight is 336 g/mol. The van der Waals surface area contributed by atoms with E-state index in [0.717, 1.165) is 16.6 Å². The molecule has 5 heteroatoms. The van der Waals surface area contributed by atoms with E-state index in [1.54, 1.807) is 6.20 Å². The molecule has 3 rings (SSSR count). The van der Waals surface area contributed by atoms with E-state index in [9.17, 15) is 4.79 Å². The number of amides is 1. The third-order valence-corrected chi connectivity index (χ3v) is 4.18. The third kappa shape index (κ3) is 4.05. The molecule has 1 atom stereocenters. The minimum atomic E-state index is -0.317. The number of hydrogen-bond donors (Lipinski definition) is 1. The second-order valence-electron chi connectivity index (χ2n) is 6.83. The van der Waals surface area contributed by atoms with Crippen LogP contribution in [0.2, 0.25) is 0 Å². The lowest BCUT2D eigenvalue weighted by Gasteiger charge is -2.27. The Morgan fingerprint density at radius 3 is 2.64 bits per heavy atom. The highest BCUT2D eigenvalue weighted by atomic mass is 16.2.